The molecule has 2 aromatic rings. The van der Waals surface area contributed by atoms with Crippen LogP contribution in [0, 0.1) is 0 Å². The zero-order chi connectivity index (χ0) is 23.5. The molecular weight excluding hydrogens is 468 g/mol. The van der Waals surface area contributed by atoms with E-state index < -0.39 is 30.7 Å². The zero-order valence-corrected chi connectivity index (χ0v) is 19.1. The number of ether oxygens (including phenoxy) is 1. The van der Waals surface area contributed by atoms with Gasteiger partial charge in [0.15, 0.2) is 6.61 Å². The second kappa shape index (κ2) is 11.2. The van der Waals surface area contributed by atoms with Crippen molar-refractivity contribution in [3.8, 4) is 5.75 Å². The molecule has 2 unspecified atom stereocenters. The summed E-state index contributed by atoms with van der Waals surface area (Å²) in [6, 6.07) is 5.42. The van der Waals surface area contributed by atoms with Gasteiger partial charge in [0.05, 0.1) is 12.2 Å². The summed E-state index contributed by atoms with van der Waals surface area (Å²) in [7, 11) is 0. The summed E-state index contributed by atoms with van der Waals surface area (Å²) in [5.41, 5.74) is 0.174. The van der Waals surface area contributed by atoms with Crippen molar-refractivity contribution in [1.82, 2.24) is 19.6 Å². The van der Waals surface area contributed by atoms with Crippen molar-refractivity contribution in [2.45, 2.75) is 45.1 Å². The number of nitrogens with zero attached hydrogens (tertiary/aromatic N) is 3. The van der Waals surface area contributed by atoms with Gasteiger partial charge in [-0.25, -0.2) is 9.36 Å². The number of H-pyrrole nitrogens is 1. The van der Waals surface area contributed by atoms with Gasteiger partial charge in [-0.2, -0.15) is 13.2 Å². The van der Waals surface area contributed by atoms with Gasteiger partial charge in [-0.3, -0.25) is 9.69 Å². The molecule has 0 spiro atoms. The molecule has 7 nitrogen and oxygen atoms in total. The van der Waals surface area contributed by atoms with Crippen LogP contribution in [0.2, 0.25) is 0 Å². The number of halogens is 5. The Morgan fingerprint density at radius 2 is 1.82 bits per heavy atom. The predicted molar refractivity (Wildman–Crippen MR) is 117 cm³/mol. The van der Waals surface area contributed by atoms with Crippen LogP contribution in [0.1, 0.15) is 43.6 Å². The number of aromatic nitrogens is 2. The summed E-state index contributed by atoms with van der Waals surface area (Å²) in [5, 5.41) is 0.650. The summed E-state index contributed by atoms with van der Waals surface area (Å²) in [6.07, 6.45) is -2.78. The van der Waals surface area contributed by atoms with Crippen molar-refractivity contribution < 1.29 is 22.4 Å². The van der Waals surface area contributed by atoms with Gasteiger partial charge in [-0.1, -0.05) is 26.0 Å². The van der Waals surface area contributed by atoms with Crippen LogP contribution in [-0.4, -0.2) is 52.0 Å². The lowest BCUT2D eigenvalue weighted by Crippen LogP contribution is -2.52. The van der Waals surface area contributed by atoms with Gasteiger partial charge in [-0.15, -0.1) is 22.0 Å². The maximum absolute atomic E-state index is 14.2. The molecule has 0 aliphatic carbocycles. The van der Waals surface area contributed by atoms with E-state index in [2.05, 4.69) is 4.98 Å². The summed E-state index contributed by atoms with van der Waals surface area (Å²) >= 11 is 0. The Kier molecular flexibility index (Phi) is 9.10. The molecule has 1 aromatic carbocycles. The Morgan fingerprint density at radius 3 is 2.39 bits per heavy atom. The molecule has 0 bridgehead atoms. The van der Waals surface area contributed by atoms with Gasteiger partial charge < -0.3 is 9.72 Å². The van der Waals surface area contributed by atoms with Crippen molar-refractivity contribution in [3.05, 3.63) is 62.4 Å². The quantitative estimate of drug-likeness (QED) is 0.470. The number of rotatable bonds is 7. The molecule has 1 aliphatic rings. The van der Waals surface area contributed by atoms with Gasteiger partial charge in [0.1, 0.15) is 5.75 Å². The highest BCUT2D eigenvalue weighted by atomic mass is 35.5. The number of benzene rings is 1. The Labute approximate surface area is 194 Å². The number of piperazine rings is 1. The van der Waals surface area contributed by atoms with E-state index in [9.17, 15) is 27.2 Å². The average molecular weight is 495 g/mol. The first-order valence-corrected chi connectivity index (χ1v) is 10.4. The van der Waals surface area contributed by atoms with Gasteiger partial charge in [-0.05, 0) is 30.5 Å². The van der Waals surface area contributed by atoms with Crippen LogP contribution < -0.4 is 16.0 Å². The molecular formula is C21H27ClF4N4O3. The first kappa shape index (κ1) is 26.9. The van der Waals surface area contributed by atoms with Crippen molar-refractivity contribution in [3.63, 3.8) is 0 Å². The lowest BCUT2D eigenvalue weighted by atomic mass is 10.0. The highest BCUT2D eigenvalue weighted by Crippen LogP contribution is 2.33. The summed E-state index contributed by atoms with van der Waals surface area (Å²) in [4.78, 5) is 29.9. The number of hydrogen-bond donors (Lipinski definition) is 1. The standard InChI is InChI=1S/C21H26F4N4O3.ClH/c1-3-14-11-26-20(31)29(19(14)30)18(4-2)28-10-9-27(25)12-17(28)15-5-7-16(8-6-15)32-13-21(22,23)24;/h5-8,11,17-18H,3-4,9-10,12-13H2,1-2H3,(H,26,31);1H. The molecule has 12 heteroatoms. The molecule has 1 fully saturated rings. The fourth-order valence-electron chi connectivity index (χ4n) is 3.99. The molecule has 1 aromatic heterocycles. The first-order valence-electron chi connectivity index (χ1n) is 10.4. The minimum Gasteiger partial charge on any atom is -0.484 e. The van der Waals surface area contributed by atoms with E-state index in [0.29, 0.717) is 29.1 Å². The van der Waals surface area contributed by atoms with E-state index in [4.69, 9.17) is 4.74 Å². The van der Waals surface area contributed by atoms with E-state index in [0.717, 1.165) is 0 Å². The third-order valence-electron chi connectivity index (χ3n) is 5.55. The first-order chi connectivity index (χ1) is 15.1. The van der Waals surface area contributed by atoms with Crippen LogP contribution in [0.5, 0.6) is 5.75 Å². The summed E-state index contributed by atoms with van der Waals surface area (Å²) < 4.78 is 57.2. The minimum atomic E-state index is -4.45. The SMILES string of the molecule is CCc1c[nH]c(=O)n(C(CC)N2CCN(F)CC2c2ccc(OCC(F)(F)F)cc2)c1=O.Cl. The molecule has 33 heavy (non-hydrogen) atoms. The molecule has 0 amide bonds. The van der Waals surface area contributed by atoms with Crippen LogP contribution in [0.4, 0.5) is 17.7 Å². The zero-order valence-electron chi connectivity index (χ0n) is 18.3. The third-order valence-corrected chi connectivity index (χ3v) is 5.55. The van der Waals surface area contributed by atoms with Crippen molar-refractivity contribution in [2.24, 2.45) is 0 Å². The van der Waals surface area contributed by atoms with Gasteiger partial charge in [0, 0.05) is 31.4 Å². The van der Waals surface area contributed by atoms with E-state index in [1.54, 1.807) is 12.1 Å². The number of hydrogen-bond acceptors (Lipinski definition) is 5. The van der Waals surface area contributed by atoms with Crippen molar-refractivity contribution in [1.29, 1.82) is 0 Å². The van der Waals surface area contributed by atoms with Gasteiger partial charge in [0.2, 0.25) is 0 Å². The number of aromatic amines is 1. The van der Waals surface area contributed by atoms with Crippen LogP contribution in [0.3, 0.4) is 0 Å². The Morgan fingerprint density at radius 1 is 1.15 bits per heavy atom. The molecule has 0 saturated carbocycles. The minimum absolute atomic E-state index is 0. The maximum atomic E-state index is 14.2. The van der Waals surface area contributed by atoms with E-state index in [1.807, 2.05) is 18.7 Å². The van der Waals surface area contributed by atoms with Gasteiger partial charge in [0.25, 0.3) is 5.56 Å². The topological polar surface area (TPSA) is 70.6 Å². The van der Waals surface area contributed by atoms with E-state index in [-0.39, 0.29) is 43.4 Å². The average Bonchev–Trinajstić information content (AvgIpc) is 2.75. The van der Waals surface area contributed by atoms with E-state index in [1.165, 1.54) is 22.9 Å². The number of aryl methyl sites for hydroxylation is 1. The Hall–Kier alpha value is -2.37. The van der Waals surface area contributed by atoms with Crippen molar-refractivity contribution in [2.75, 3.05) is 26.2 Å². The van der Waals surface area contributed by atoms with Crippen LogP contribution in [0.15, 0.2) is 40.1 Å². The molecule has 2 atom stereocenters. The highest BCUT2D eigenvalue weighted by molar-refractivity contribution is 5.85. The molecule has 2 heterocycles. The van der Waals surface area contributed by atoms with E-state index >= 15 is 0 Å². The lowest BCUT2D eigenvalue weighted by molar-refractivity contribution is -0.153. The lowest BCUT2D eigenvalue weighted by Gasteiger charge is -2.42. The third kappa shape index (κ3) is 6.36. The summed E-state index contributed by atoms with van der Waals surface area (Å²) in [6.45, 7) is 2.58. The predicted octanol–water partition coefficient (Wildman–Crippen LogP) is 3.61. The monoisotopic (exact) mass is 494 g/mol. The van der Waals surface area contributed by atoms with Crippen LogP contribution in [0.25, 0.3) is 0 Å². The second-order valence-electron chi connectivity index (χ2n) is 7.63. The molecule has 0 radical (unpaired) electrons. The summed E-state index contributed by atoms with van der Waals surface area (Å²) in [5.74, 6) is 0.0425. The molecule has 1 N–H and O–H groups in total. The van der Waals surface area contributed by atoms with Crippen LogP contribution >= 0.6 is 12.4 Å². The molecule has 3 rings (SSSR count). The molecule has 184 valence electrons. The number of nitrogens with one attached hydrogen (secondary N) is 1. The maximum Gasteiger partial charge on any atom is 0.422 e. The smallest absolute Gasteiger partial charge is 0.422 e. The second-order valence-corrected chi connectivity index (χ2v) is 7.63. The fraction of sp³-hybridized carbons (Fsp3) is 0.524. The fourth-order valence-corrected chi connectivity index (χ4v) is 3.99. The largest absolute Gasteiger partial charge is 0.484 e. The van der Waals surface area contributed by atoms with Crippen LogP contribution in [-0.2, 0) is 6.42 Å². The molecule has 1 saturated heterocycles. The van der Waals surface area contributed by atoms with Gasteiger partial charge >= 0.3 is 11.9 Å². The molecule has 1 aliphatic heterocycles. The Bertz CT molecular complexity index is 1030. The Balaban J connectivity index is 0.00000385. The van der Waals surface area contributed by atoms with Crippen molar-refractivity contribution >= 4 is 12.4 Å². The highest BCUT2D eigenvalue weighted by Gasteiger charge is 2.35. The number of alkyl halides is 3. The normalized spacial score (nSPS) is 18.5.